The fourth-order valence-corrected chi connectivity index (χ4v) is 2.66. The van der Waals surface area contributed by atoms with Gasteiger partial charge in [-0.1, -0.05) is 13.0 Å². The Morgan fingerprint density at radius 2 is 2.09 bits per heavy atom. The van der Waals surface area contributed by atoms with Gasteiger partial charge in [-0.05, 0) is 44.1 Å². The summed E-state index contributed by atoms with van der Waals surface area (Å²) >= 11 is 0. The van der Waals surface area contributed by atoms with E-state index in [-0.39, 0.29) is 4.90 Å². The Balaban J connectivity index is 0.000000287. The van der Waals surface area contributed by atoms with Gasteiger partial charge in [-0.15, -0.1) is 0 Å². The Labute approximate surface area is 131 Å². The molecule has 124 valence electrons. The quantitative estimate of drug-likeness (QED) is 0.754. The lowest BCUT2D eigenvalue weighted by atomic mass is 10.2. The van der Waals surface area contributed by atoms with Crippen molar-refractivity contribution in [3.05, 3.63) is 24.3 Å². The van der Waals surface area contributed by atoms with Crippen LogP contribution in [-0.2, 0) is 10.0 Å². The van der Waals surface area contributed by atoms with Gasteiger partial charge in [-0.3, -0.25) is 0 Å². The minimum Gasteiger partial charge on any atom is -0.341 e. The molecule has 1 atom stereocenters. The number of nitrogens with two attached hydrogens (primary N) is 1. The molecule has 1 saturated heterocycles. The minimum atomic E-state index is -3.74. The Kier molecular flexibility index (Phi) is 6.79. The molecular weight excluding hydrogens is 304 g/mol. The van der Waals surface area contributed by atoms with E-state index in [0.717, 1.165) is 5.92 Å². The number of sulfonamides is 1. The molecule has 8 heteroatoms. The lowest BCUT2D eigenvalue weighted by Gasteiger charge is -2.05. The van der Waals surface area contributed by atoms with Gasteiger partial charge < -0.3 is 15.5 Å². The van der Waals surface area contributed by atoms with Gasteiger partial charge in [0.2, 0.25) is 10.0 Å². The fraction of sp³-hybridized carbons (Fsp3) is 0.500. The first-order valence-electron chi connectivity index (χ1n) is 7.02. The van der Waals surface area contributed by atoms with Crippen LogP contribution in [0.1, 0.15) is 13.3 Å². The molecule has 1 aliphatic rings. The summed E-state index contributed by atoms with van der Waals surface area (Å²) in [4.78, 5) is 13.3. The van der Waals surface area contributed by atoms with E-state index in [0.29, 0.717) is 5.69 Å². The maximum Gasteiger partial charge on any atom is 0.318 e. The molecule has 0 spiro atoms. The molecule has 0 aliphatic carbocycles. The molecule has 2 rings (SSSR count). The third-order valence-electron chi connectivity index (χ3n) is 3.27. The highest BCUT2D eigenvalue weighted by Crippen LogP contribution is 2.13. The average Bonchev–Trinajstić information content (AvgIpc) is 2.82. The van der Waals surface area contributed by atoms with Crippen LogP contribution in [0.15, 0.2) is 29.2 Å². The molecule has 0 saturated carbocycles. The molecule has 7 nitrogen and oxygen atoms in total. The van der Waals surface area contributed by atoms with E-state index < -0.39 is 16.1 Å². The van der Waals surface area contributed by atoms with Crippen LogP contribution in [0.2, 0.25) is 0 Å². The Hall–Kier alpha value is -1.64. The number of hydrogen-bond donors (Lipinski definition) is 3. The summed E-state index contributed by atoms with van der Waals surface area (Å²) < 4.78 is 22.0. The number of hydrogen-bond acceptors (Lipinski definition) is 4. The van der Waals surface area contributed by atoms with Gasteiger partial charge in [0.1, 0.15) is 0 Å². The lowest BCUT2D eigenvalue weighted by Crippen LogP contribution is -2.24. The summed E-state index contributed by atoms with van der Waals surface area (Å²) in [5.74, 6) is 0.949. The smallest absolute Gasteiger partial charge is 0.318 e. The molecule has 1 aromatic rings. The Bertz CT molecular complexity index is 596. The standard InChI is InChI=1S/C8H11N3O3S.C6H13N/c1-10-8(12)11-6-3-2-4-7(5-6)15(9,13)14;1-6-3-4-7(2)5-6/h2-5H,1H3,(H2,9,13,14)(H2,10,11,12);6H,3-5H2,1-2H3. The number of nitrogens with zero attached hydrogens (tertiary/aromatic N) is 1. The highest BCUT2D eigenvalue weighted by molar-refractivity contribution is 7.89. The van der Waals surface area contributed by atoms with Crippen LogP contribution >= 0.6 is 0 Å². The molecule has 1 unspecified atom stereocenters. The highest BCUT2D eigenvalue weighted by Gasteiger charge is 2.13. The number of rotatable bonds is 2. The van der Waals surface area contributed by atoms with Crippen molar-refractivity contribution < 1.29 is 13.2 Å². The van der Waals surface area contributed by atoms with Crippen LogP contribution in [0.5, 0.6) is 0 Å². The first-order chi connectivity index (χ1) is 10.2. The number of nitrogens with one attached hydrogen (secondary N) is 2. The van der Waals surface area contributed by atoms with Crippen LogP contribution in [0.3, 0.4) is 0 Å². The largest absolute Gasteiger partial charge is 0.341 e. The molecule has 2 amide bonds. The average molecular weight is 328 g/mol. The molecule has 1 fully saturated rings. The Morgan fingerprint density at radius 3 is 2.50 bits per heavy atom. The molecule has 0 bridgehead atoms. The van der Waals surface area contributed by atoms with Gasteiger partial charge in [0.25, 0.3) is 0 Å². The maximum atomic E-state index is 11.0. The second kappa shape index (κ2) is 8.11. The van der Waals surface area contributed by atoms with E-state index >= 15 is 0 Å². The highest BCUT2D eigenvalue weighted by atomic mass is 32.2. The molecule has 0 aromatic heterocycles. The maximum absolute atomic E-state index is 11.0. The van der Waals surface area contributed by atoms with Crippen molar-refractivity contribution >= 4 is 21.7 Å². The van der Waals surface area contributed by atoms with Gasteiger partial charge in [-0.25, -0.2) is 18.4 Å². The molecule has 1 aliphatic heterocycles. The van der Waals surface area contributed by atoms with Gasteiger partial charge >= 0.3 is 6.03 Å². The number of carbonyl (C=O) groups is 1. The van der Waals surface area contributed by atoms with Crippen LogP contribution < -0.4 is 15.8 Å². The third-order valence-corrected chi connectivity index (χ3v) is 4.19. The number of carbonyl (C=O) groups excluding carboxylic acids is 1. The summed E-state index contributed by atoms with van der Waals surface area (Å²) in [6.45, 7) is 4.92. The van der Waals surface area contributed by atoms with Crippen molar-refractivity contribution in [1.29, 1.82) is 0 Å². The van der Waals surface area contributed by atoms with Crippen molar-refractivity contribution in [1.82, 2.24) is 10.2 Å². The zero-order valence-electron chi connectivity index (χ0n) is 13.2. The van der Waals surface area contributed by atoms with Crippen molar-refractivity contribution in [2.75, 3.05) is 32.5 Å². The van der Waals surface area contributed by atoms with Crippen molar-refractivity contribution in [3.63, 3.8) is 0 Å². The van der Waals surface area contributed by atoms with E-state index in [9.17, 15) is 13.2 Å². The second-order valence-electron chi connectivity index (χ2n) is 5.43. The zero-order valence-corrected chi connectivity index (χ0v) is 14.0. The minimum absolute atomic E-state index is 0.0450. The number of amides is 2. The van der Waals surface area contributed by atoms with E-state index in [2.05, 4.69) is 29.5 Å². The monoisotopic (exact) mass is 328 g/mol. The van der Waals surface area contributed by atoms with Crippen molar-refractivity contribution in [2.45, 2.75) is 18.2 Å². The number of anilines is 1. The van der Waals surface area contributed by atoms with E-state index in [1.54, 1.807) is 6.07 Å². The summed E-state index contributed by atoms with van der Waals surface area (Å²) in [5.41, 5.74) is 0.362. The summed E-state index contributed by atoms with van der Waals surface area (Å²) in [6, 6.07) is 5.26. The zero-order chi connectivity index (χ0) is 16.8. The topological polar surface area (TPSA) is 105 Å². The Morgan fingerprint density at radius 1 is 1.41 bits per heavy atom. The summed E-state index contributed by atoms with van der Waals surface area (Å²) in [5, 5.41) is 9.71. The van der Waals surface area contributed by atoms with Crippen molar-refractivity contribution in [2.24, 2.45) is 11.1 Å². The van der Waals surface area contributed by atoms with E-state index in [4.69, 9.17) is 5.14 Å². The third kappa shape index (κ3) is 6.42. The number of primary sulfonamides is 1. The normalized spacial score (nSPS) is 18.3. The predicted molar refractivity (Wildman–Crippen MR) is 87.2 cm³/mol. The molecular formula is C14H24N4O3S. The predicted octanol–water partition coefficient (Wildman–Crippen LogP) is 1.04. The summed E-state index contributed by atoms with van der Waals surface area (Å²) in [6.07, 6.45) is 1.40. The SMILES string of the molecule is CC1CCN(C)C1.CNC(=O)Nc1cccc(S(N)(=O)=O)c1. The van der Waals surface area contributed by atoms with Crippen LogP contribution in [0.25, 0.3) is 0 Å². The summed E-state index contributed by atoms with van der Waals surface area (Å²) in [7, 11) is -0.0983. The first kappa shape index (κ1) is 18.4. The van der Waals surface area contributed by atoms with Gasteiger partial charge in [-0.2, -0.15) is 0 Å². The first-order valence-corrected chi connectivity index (χ1v) is 8.57. The molecule has 1 heterocycles. The van der Waals surface area contributed by atoms with E-state index in [1.165, 1.54) is 44.8 Å². The van der Waals surface area contributed by atoms with Gasteiger partial charge in [0.05, 0.1) is 4.90 Å². The van der Waals surface area contributed by atoms with E-state index in [1.807, 2.05) is 0 Å². The number of benzene rings is 1. The lowest BCUT2D eigenvalue weighted by molar-refractivity contribution is 0.254. The fourth-order valence-electron chi connectivity index (χ4n) is 2.10. The van der Waals surface area contributed by atoms with Crippen LogP contribution in [-0.4, -0.2) is 46.5 Å². The van der Waals surface area contributed by atoms with Gasteiger partial charge in [0, 0.05) is 19.3 Å². The van der Waals surface area contributed by atoms with Gasteiger partial charge in [0.15, 0.2) is 0 Å². The molecule has 0 radical (unpaired) electrons. The number of likely N-dealkylation sites (tertiary alicyclic amines) is 1. The second-order valence-corrected chi connectivity index (χ2v) is 6.99. The van der Waals surface area contributed by atoms with Crippen LogP contribution in [0, 0.1) is 5.92 Å². The molecule has 4 N–H and O–H groups in total. The molecule has 22 heavy (non-hydrogen) atoms. The molecule has 1 aromatic carbocycles. The van der Waals surface area contributed by atoms with Crippen LogP contribution in [0.4, 0.5) is 10.5 Å². The van der Waals surface area contributed by atoms with Crippen molar-refractivity contribution in [3.8, 4) is 0 Å². The number of urea groups is 1.